The van der Waals surface area contributed by atoms with Gasteiger partial charge in [-0.05, 0) is 18.6 Å². The monoisotopic (exact) mass is 192 g/mol. The number of hydrogen-bond acceptors (Lipinski definition) is 2. The highest BCUT2D eigenvalue weighted by Gasteiger charge is 1.96. The first-order chi connectivity index (χ1) is 4.74. The number of nitrogens with two attached hydrogens (primary N) is 1. The summed E-state index contributed by atoms with van der Waals surface area (Å²) in [6.45, 7) is 2.42. The van der Waals surface area contributed by atoms with Crippen LogP contribution in [-0.4, -0.2) is 4.98 Å². The summed E-state index contributed by atoms with van der Waals surface area (Å²) in [5, 5.41) is 0.662. The maximum Gasteiger partial charge on any atom is 0.0592 e. The second-order valence-corrected chi connectivity index (χ2v) is 2.56. The summed E-state index contributed by atoms with van der Waals surface area (Å²) < 4.78 is 0. The Hall–Kier alpha value is -0.310. The zero-order chi connectivity index (χ0) is 7.56. The fourth-order valence-electron chi connectivity index (χ4n) is 0.782. The number of aromatic nitrogens is 1. The van der Waals surface area contributed by atoms with Gasteiger partial charge in [0.1, 0.15) is 0 Å². The van der Waals surface area contributed by atoms with E-state index in [2.05, 4.69) is 4.98 Å². The van der Waals surface area contributed by atoms with Gasteiger partial charge in [0.05, 0.1) is 10.7 Å². The molecule has 0 saturated carbocycles. The molecule has 0 unspecified atom stereocenters. The Labute approximate surface area is 77.2 Å². The lowest BCUT2D eigenvalue weighted by Crippen LogP contribution is -2.01. The summed E-state index contributed by atoms with van der Waals surface area (Å²) in [4.78, 5) is 4.04. The standard InChI is InChI=1S/C7H9ClN2.ClH/c1-5-2-6(8)4-10-7(5)3-9;/h2,4H,3,9H2,1H3;1H. The van der Waals surface area contributed by atoms with Crippen molar-refractivity contribution in [1.29, 1.82) is 0 Å². The molecule has 0 saturated heterocycles. The molecule has 0 spiro atoms. The molecule has 1 aromatic heterocycles. The predicted molar refractivity (Wildman–Crippen MR) is 49.1 cm³/mol. The van der Waals surface area contributed by atoms with Crippen LogP contribution in [0.1, 0.15) is 11.3 Å². The number of pyridine rings is 1. The van der Waals surface area contributed by atoms with Crippen LogP contribution in [0.2, 0.25) is 5.02 Å². The molecule has 0 aliphatic rings. The van der Waals surface area contributed by atoms with Crippen LogP contribution < -0.4 is 5.73 Å². The molecule has 2 N–H and O–H groups in total. The molecule has 62 valence electrons. The van der Waals surface area contributed by atoms with Gasteiger partial charge in [-0.15, -0.1) is 12.4 Å². The van der Waals surface area contributed by atoms with E-state index in [0.717, 1.165) is 11.3 Å². The fraction of sp³-hybridized carbons (Fsp3) is 0.286. The van der Waals surface area contributed by atoms with Crippen LogP contribution in [-0.2, 0) is 6.54 Å². The van der Waals surface area contributed by atoms with Crippen LogP contribution in [0.25, 0.3) is 0 Å². The largest absolute Gasteiger partial charge is 0.325 e. The summed E-state index contributed by atoms with van der Waals surface area (Å²) >= 11 is 5.67. The smallest absolute Gasteiger partial charge is 0.0592 e. The third-order valence-electron chi connectivity index (χ3n) is 1.35. The van der Waals surface area contributed by atoms with Crippen molar-refractivity contribution in [1.82, 2.24) is 4.98 Å². The van der Waals surface area contributed by atoms with E-state index in [4.69, 9.17) is 17.3 Å². The summed E-state index contributed by atoms with van der Waals surface area (Å²) in [6.07, 6.45) is 1.61. The van der Waals surface area contributed by atoms with Gasteiger partial charge in [-0.3, -0.25) is 4.98 Å². The Bertz CT molecular complexity index is 238. The lowest BCUT2D eigenvalue weighted by atomic mass is 10.2. The Morgan fingerprint density at radius 3 is 2.73 bits per heavy atom. The molecule has 0 atom stereocenters. The second kappa shape index (κ2) is 4.54. The molecule has 0 radical (unpaired) electrons. The molecule has 0 aromatic carbocycles. The van der Waals surface area contributed by atoms with Crippen LogP contribution in [0.15, 0.2) is 12.3 Å². The van der Waals surface area contributed by atoms with E-state index < -0.39 is 0 Å². The van der Waals surface area contributed by atoms with Crippen molar-refractivity contribution in [3.05, 3.63) is 28.5 Å². The normalized spacial score (nSPS) is 9.00. The zero-order valence-corrected chi connectivity index (χ0v) is 7.75. The topological polar surface area (TPSA) is 38.9 Å². The van der Waals surface area contributed by atoms with Crippen molar-refractivity contribution in [2.24, 2.45) is 5.73 Å². The molecular formula is C7H10Cl2N2. The first-order valence-corrected chi connectivity index (χ1v) is 3.43. The van der Waals surface area contributed by atoms with Crippen LogP contribution in [0.3, 0.4) is 0 Å². The predicted octanol–water partition coefficient (Wildman–Crippen LogP) is 1.92. The summed E-state index contributed by atoms with van der Waals surface area (Å²) in [6, 6.07) is 1.86. The Morgan fingerprint density at radius 1 is 1.64 bits per heavy atom. The SMILES string of the molecule is Cc1cc(Cl)cnc1CN.Cl. The highest BCUT2D eigenvalue weighted by atomic mass is 35.5. The molecule has 1 heterocycles. The summed E-state index contributed by atoms with van der Waals surface area (Å²) in [5.41, 5.74) is 7.35. The minimum Gasteiger partial charge on any atom is -0.325 e. The van der Waals surface area contributed by atoms with Gasteiger partial charge in [0.25, 0.3) is 0 Å². The van der Waals surface area contributed by atoms with Crippen molar-refractivity contribution in [3.8, 4) is 0 Å². The highest BCUT2D eigenvalue weighted by Crippen LogP contribution is 2.10. The zero-order valence-electron chi connectivity index (χ0n) is 6.17. The number of halogens is 2. The maximum atomic E-state index is 5.67. The Morgan fingerprint density at radius 2 is 2.27 bits per heavy atom. The lowest BCUT2D eigenvalue weighted by Gasteiger charge is -1.99. The van der Waals surface area contributed by atoms with Gasteiger partial charge < -0.3 is 5.73 Å². The molecule has 0 fully saturated rings. The molecule has 1 aromatic rings. The van der Waals surface area contributed by atoms with E-state index in [0.29, 0.717) is 11.6 Å². The summed E-state index contributed by atoms with van der Waals surface area (Å²) in [5.74, 6) is 0. The van der Waals surface area contributed by atoms with Gasteiger partial charge in [-0.25, -0.2) is 0 Å². The number of hydrogen-bond donors (Lipinski definition) is 1. The maximum absolute atomic E-state index is 5.67. The van der Waals surface area contributed by atoms with Crippen LogP contribution >= 0.6 is 24.0 Å². The molecule has 11 heavy (non-hydrogen) atoms. The molecular weight excluding hydrogens is 183 g/mol. The van der Waals surface area contributed by atoms with Gasteiger partial charge in [-0.2, -0.15) is 0 Å². The third kappa shape index (κ3) is 2.66. The Balaban J connectivity index is 0.000001000. The van der Waals surface area contributed by atoms with E-state index in [9.17, 15) is 0 Å². The highest BCUT2D eigenvalue weighted by molar-refractivity contribution is 6.30. The third-order valence-corrected chi connectivity index (χ3v) is 1.55. The van der Waals surface area contributed by atoms with Crippen LogP contribution in [0.4, 0.5) is 0 Å². The first kappa shape index (κ1) is 10.7. The molecule has 2 nitrogen and oxygen atoms in total. The minimum atomic E-state index is 0. The molecule has 0 bridgehead atoms. The van der Waals surface area contributed by atoms with Crippen molar-refractivity contribution in [2.45, 2.75) is 13.5 Å². The average Bonchev–Trinajstić information content (AvgIpc) is 1.88. The van der Waals surface area contributed by atoms with Gasteiger partial charge in [-0.1, -0.05) is 11.6 Å². The molecule has 0 amide bonds. The van der Waals surface area contributed by atoms with Crippen molar-refractivity contribution in [2.75, 3.05) is 0 Å². The number of nitrogens with zero attached hydrogens (tertiary/aromatic N) is 1. The summed E-state index contributed by atoms with van der Waals surface area (Å²) in [7, 11) is 0. The van der Waals surface area contributed by atoms with E-state index in [-0.39, 0.29) is 12.4 Å². The molecule has 1 rings (SSSR count). The van der Waals surface area contributed by atoms with Crippen molar-refractivity contribution in [3.63, 3.8) is 0 Å². The quantitative estimate of drug-likeness (QED) is 0.739. The molecule has 0 aliphatic carbocycles. The lowest BCUT2D eigenvalue weighted by molar-refractivity contribution is 0.969. The van der Waals surface area contributed by atoms with Crippen molar-refractivity contribution < 1.29 is 0 Å². The number of aryl methyl sites for hydroxylation is 1. The van der Waals surface area contributed by atoms with E-state index >= 15 is 0 Å². The fourth-order valence-corrected chi connectivity index (χ4v) is 0.995. The van der Waals surface area contributed by atoms with Gasteiger partial charge in [0.2, 0.25) is 0 Å². The van der Waals surface area contributed by atoms with E-state index in [1.165, 1.54) is 0 Å². The molecule has 0 aliphatic heterocycles. The van der Waals surface area contributed by atoms with Gasteiger partial charge in [0, 0.05) is 12.7 Å². The first-order valence-electron chi connectivity index (χ1n) is 3.05. The second-order valence-electron chi connectivity index (χ2n) is 2.12. The Kier molecular flexibility index (Phi) is 4.42. The average molecular weight is 193 g/mol. The number of rotatable bonds is 1. The van der Waals surface area contributed by atoms with Gasteiger partial charge in [0.15, 0.2) is 0 Å². The van der Waals surface area contributed by atoms with Gasteiger partial charge >= 0.3 is 0 Å². The van der Waals surface area contributed by atoms with E-state index in [1.807, 2.05) is 13.0 Å². The van der Waals surface area contributed by atoms with Crippen LogP contribution in [0.5, 0.6) is 0 Å². The van der Waals surface area contributed by atoms with Crippen LogP contribution in [0, 0.1) is 6.92 Å². The van der Waals surface area contributed by atoms with Crippen molar-refractivity contribution >= 4 is 24.0 Å². The van der Waals surface area contributed by atoms with E-state index in [1.54, 1.807) is 6.20 Å². The minimum absolute atomic E-state index is 0. The molecule has 4 heteroatoms.